The van der Waals surface area contributed by atoms with Crippen molar-refractivity contribution in [3.63, 3.8) is 0 Å². The van der Waals surface area contributed by atoms with Gasteiger partial charge in [-0.15, -0.1) is 0 Å². The first kappa shape index (κ1) is 28.7. The molecule has 0 radical (unpaired) electrons. The Kier molecular flexibility index (Phi) is 9.50. The van der Waals surface area contributed by atoms with Gasteiger partial charge in [-0.3, -0.25) is 14.4 Å². The minimum absolute atomic E-state index is 0.230. The molecule has 2 aromatic rings. The molecule has 0 aromatic heterocycles. The quantitative estimate of drug-likeness (QED) is 0.440. The average Bonchev–Trinajstić information content (AvgIpc) is 2.80. The molecule has 2 atom stereocenters. The van der Waals surface area contributed by atoms with E-state index >= 15 is 0 Å². The Balaban J connectivity index is 1.96. The number of rotatable bonds is 10. The molecule has 1 aliphatic rings. The molecule has 2 unspecified atom stereocenters. The summed E-state index contributed by atoms with van der Waals surface area (Å²) < 4.78 is 5.32. The summed E-state index contributed by atoms with van der Waals surface area (Å²) in [5, 5.41) is 5.48. The lowest BCUT2D eigenvalue weighted by molar-refractivity contribution is -0.148. The normalized spacial score (nSPS) is 14.9. The molecule has 0 saturated heterocycles. The Morgan fingerprint density at radius 2 is 1.66 bits per heavy atom. The second kappa shape index (κ2) is 12.6. The van der Waals surface area contributed by atoms with Crippen LogP contribution in [-0.2, 0) is 25.7 Å². The Hall–Kier alpha value is -3.88. The zero-order valence-corrected chi connectivity index (χ0v) is 22.5. The number of carbonyl (C=O) groups excluding carboxylic acids is 4. The van der Waals surface area contributed by atoms with Crippen LogP contribution in [-0.4, -0.2) is 46.4 Å². The van der Waals surface area contributed by atoms with Crippen LogP contribution in [0.2, 0.25) is 0 Å². The Morgan fingerprint density at radius 1 is 1.03 bits per heavy atom. The third-order valence-electron chi connectivity index (χ3n) is 6.35. The van der Waals surface area contributed by atoms with Crippen molar-refractivity contribution in [2.45, 2.75) is 83.6 Å². The molecule has 204 valence electrons. The topological polar surface area (TPSA) is 131 Å². The Labute approximate surface area is 224 Å². The molecular weight excluding hydrogens is 484 g/mol. The number of nitrogens with zero attached hydrogens (tertiary/aromatic N) is 1. The van der Waals surface area contributed by atoms with Crippen LogP contribution >= 0.6 is 0 Å². The van der Waals surface area contributed by atoms with Gasteiger partial charge in [0, 0.05) is 12.6 Å². The molecule has 3 rings (SSSR count). The van der Waals surface area contributed by atoms with E-state index in [2.05, 4.69) is 10.6 Å². The van der Waals surface area contributed by atoms with Crippen molar-refractivity contribution in [1.82, 2.24) is 15.5 Å². The van der Waals surface area contributed by atoms with Gasteiger partial charge < -0.3 is 26.0 Å². The van der Waals surface area contributed by atoms with E-state index in [0.29, 0.717) is 18.4 Å². The van der Waals surface area contributed by atoms with E-state index in [1.54, 1.807) is 20.8 Å². The lowest BCUT2D eigenvalue weighted by atomic mass is 9.87. The lowest BCUT2D eigenvalue weighted by Gasteiger charge is -2.43. The molecule has 0 heterocycles. The van der Waals surface area contributed by atoms with Gasteiger partial charge in [0.25, 0.3) is 0 Å². The fourth-order valence-corrected chi connectivity index (χ4v) is 4.28. The minimum Gasteiger partial charge on any atom is -0.444 e. The first-order valence-electron chi connectivity index (χ1n) is 12.9. The average molecular weight is 523 g/mol. The number of hydrogen-bond donors (Lipinski definition) is 3. The van der Waals surface area contributed by atoms with Crippen LogP contribution < -0.4 is 16.4 Å². The van der Waals surface area contributed by atoms with E-state index in [9.17, 15) is 19.2 Å². The molecule has 1 fully saturated rings. The molecule has 0 bridgehead atoms. The van der Waals surface area contributed by atoms with E-state index in [1.807, 2.05) is 61.5 Å². The number of primary amides is 1. The smallest absolute Gasteiger partial charge is 0.408 e. The maximum atomic E-state index is 14.0. The van der Waals surface area contributed by atoms with Crippen LogP contribution in [0, 0.1) is 6.92 Å². The summed E-state index contributed by atoms with van der Waals surface area (Å²) in [6.07, 6.45) is 1.05. The van der Waals surface area contributed by atoms with Crippen LogP contribution in [0.3, 0.4) is 0 Å². The minimum atomic E-state index is -1.28. The van der Waals surface area contributed by atoms with Gasteiger partial charge >= 0.3 is 6.09 Å². The highest BCUT2D eigenvalue weighted by Gasteiger charge is 2.42. The van der Waals surface area contributed by atoms with Crippen LogP contribution in [0.25, 0.3) is 0 Å². The van der Waals surface area contributed by atoms with Gasteiger partial charge in [-0.25, -0.2) is 4.79 Å². The van der Waals surface area contributed by atoms with Crippen molar-refractivity contribution < 1.29 is 23.9 Å². The summed E-state index contributed by atoms with van der Waals surface area (Å²) >= 11 is 0. The number of hydrogen-bond acceptors (Lipinski definition) is 5. The van der Waals surface area contributed by atoms with Crippen molar-refractivity contribution in [3.05, 3.63) is 71.3 Å². The van der Waals surface area contributed by atoms with E-state index in [0.717, 1.165) is 17.5 Å². The maximum Gasteiger partial charge on any atom is 0.408 e. The largest absolute Gasteiger partial charge is 0.444 e. The second-order valence-corrected chi connectivity index (χ2v) is 10.7. The molecular formula is C29H38N4O5. The summed E-state index contributed by atoms with van der Waals surface area (Å²) in [6.45, 7) is 7.32. The maximum absolute atomic E-state index is 14.0. The monoisotopic (exact) mass is 522 g/mol. The van der Waals surface area contributed by atoms with Crippen molar-refractivity contribution >= 4 is 23.8 Å². The van der Waals surface area contributed by atoms with Gasteiger partial charge in [0.15, 0.2) is 0 Å². The molecule has 9 heteroatoms. The molecule has 0 spiro atoms. The number of amides is 4. The number of alkyl carbamates (subject to hydrolysis) is 1. The predicted octanol–water partition coefficient (Wildman–Crippen LogP) is 3.50. The Bertz CT molecular complexity index is 1120. The molecule has 4 amide bonds. The van der Waals surface area contributed by atoms with E-state index in [4.69, 9.17) is 10.5 Å². The molecule has 2 aromatic carbocycles. The number of nitrogens with one attached hydrogen (secondary N) is 2. The lowest BCUT2D eigenvalue weighted by Crippen LogP contribution is -2.58. The van der Waals surface area contributed by atoms with Crippen molar-refractivity contribution in [3.8, 4) is 0 Å². The fourth-order valence-electron chi connectivity index (χ4n) is 4.28. The zero-order valence-electron chi connectivity index (χ0n) is 22.5. The summed E-state index contributed by atoms with van der Waals surface area (Å²) in [5.41, 5.74) is 7.21. The van der Waals surface area contributed by atoms with Crippen molar-refractivity contribution in [2.24, 2.45) is 5.73 Å². The van der Waals surface area contributed by atoms with Gasteiger partial charge in [0.05, 0.1) is 6.42 Å². The highest BCUT2D eigenvalue weighted by atomic mass is 16.6. The zero-order chi connectivity index (χ0) is 27.9. The number of ether oxygens (including phenoxy) is 1. The third-order valence-corrected chi connectivity index (χ3v) is 6.35. The first-order chi connectivity index (χ1) is 17.9. The molecule has 1 saturated carbocycles. The van der Waals surface area contributed by atoms with Crippen LogP contribution in [0.15, 0.2) is 54.6 Å². The van der Waals surface area contributed by atoms with E-state index in [-0.39, 0.29) is 18.5 Å². The van der Waals surface area contributed by atoms with Crippen LogP contribution in [0.1, 0.15) is 69.2 Å². The number of benzene rings is 2. The van der Waals surface area contributed by atoms with Crippen LogP contribution in [0.4, 0.5) is 4.79 Å². The number of nitrogens with two attached hydrogens (primary N) is 1. The van der Waals surface area contributed by atoms with Crippen molar-refractivity contribution in [1.29, 1.82) is 0 Å². The number of aryl methyl sites for hydroxylation is 1. The van der Waals surface area contributed by atoms with E-state index in [1.165, 1.54) is 4.90 Å². The molecule has 9 nitrogen and oxygen atoms in total. The van der Waals surface area contributed by atoms with Gasteiger partial charge in [-0.2, -0.15) is 0 Å². The third kappa shape index (κ3) is 8.06. The van der Waals surface area contributed by atoms with Gasteiger partial charge in [-0.05, 0) is 58.1 Å². The molecule has 1 aliphatic carbocycles. The van der Waals surface area contributed by atoms with Gasteiger partial charge in [-0.1, -0.05) is 60.2 Å². The van der Waals surface area contributed by atoms with Crippen molar-refractivity contribution in [2.75, 3.05) is 0 Å². The standard InChI is InChI=1S/C29H38N4O5/c1-19-13-15-21(16-14-19)25(26(35)31-18-20-9-6-5-7-10-20)33(22-11-8-12-22)27(36)23(17-24(30)34)32-28(37)38-29(2,3)4/h5-7,9-10,13-16,22-23,25H,8,11-12,17-18H2,1-4H3,(H2,30,34)(H,31,35)(H,32,37). The first-order valence-corrected chi connectivity index (χ1v) is 12.9. The highest BCUT2D eigenvalue weighted by molar-refractivity contribution is 5.94. The summed E-state index contributed by atoms with van der Waals surface area (Å²) in [5.74, 6) is -1.67. The second-order valence-electron chi connectivity index (χ2n) is 10.7. The van der Waals surface area contributed by atoms with E-state index < -0.39 is 42.0 Å². The molecule has 0 aliphatic heterocycles. The van der Waals surface area contributed by atoms with Crippen LogP contribution in [0.5, 0.6) is 0 Å². The number of carbonyl (C=O) groups is 4. The highest BCUT2D eigenvalue weighted by Crippen LogP contribution is 2.34. The summed E-state index contributed by atoms with van der Waals surface area (Å²) in [6, 6.07) is 14.4. The molecule has 38 heavy (non-hydrogen) atoms. The summed E-state index contributed by atoms with van der Waals surface area (Å²) in [4.78, 5) is 53.8. The summed E-state index contributed by atoms with van der Waals surface area (Å²) in [7, 11) is 0. The SMILES string of the molecule is Cc1ccc(C(C(=O)NCc2ccccc2)N(C(=O)C(CC(N)=O)NC(=O)OC(C)(C)C)C2CCC2)cc1. The van der Waals surface area contributed by atoms with Gasteiger partial charge in [0.1, 0.15) is 17.7 Å². The Morgan fingerprint density at radius 3 is 2.18 bits per heavy atom. The molecule has 4 N–H and O–H groups in total. The predicted molar refractivity (Wildman–Crippen MR) is 144 cm³/mol. The van der Waals surface area contributed by atoms with Gasteiger partial charge in [0.2, 0.25) is 17.7 Å². The fraction of sp³-hybridized carbons (Fsp3) is 0.448.